The minimum absolute atomic E-state index is 0. The van der Waals surface area contributed by atoms with Gasteiger partial charge >= 0.3 is 0 Å². The summed E-state index contributed by atoms with van der Waals surface area (Å²) in [5, 5.41) is 17.9. The zero-order valence-electron chi connectivity index (χ0n) is 14.5. The maximum Gasteiger partial charge on any atom is 0.217 e. The zero-order chi connectivity index (χ0) is 15.9. The maximum atomic E-state index is 10.0. The highest BCUT2D eigenvalue weighted by Crippen LogP contribution is 2.00. The van der Waals surface area contributed by atoms with E-state index in [-0.39, 0.29) is 38.3 Å². The Balaban J connectivity index is -0.000000105. The molecule has 0 amide bonds. The zero-order valence-corrected chi connectivity index (χ0v) is 15.3. The van der Waals surface area contributed by atoms with Crippen molar-refractivity contribution in [2.24, 2.45) is 0 Å². The van der Waals surface area contributed by atoms with Gasteiger partial charge in [0.15, 0.2) is 0 Å². The van der Waals surface area contributed by atoms with Gasteiger partial charge in [-0.25, -0.2) is 8.42 Å². The lowest BCUT2D eigenvalue weighted by Gasteiger charge is -2.03. The Morgan fingerprint density at radius 2 is 1.39 bits per heavy atom. The topological polar surface area (TPSA) is 222 Å². The molecule has 0 unspecified atom stereocenters. The molecular weight excluding hydrogens is 326 g/mol. The van der Waals surface area contributed by atoms with Crippen molar-refractivity contribution in [3.8, 4) is 0 Å². The second-order valence-electron chi connectivity index (χ2n) is 3.08. The molecule has 10 heteroatoms. The van der Waals surface area contributed by atoms with Gasteiger partial charge in [-0.05, 0) is 5.56 Å². The highest BCUT2D eigenvalue weighted by molar-refractivity contribution is 7.80. The van der Waals surface area contributed by atoms with Gasteiger partial charge in [0, 0.05) is 0 Å². The van der Waals surface area contributed by atoms with Crippen LogP contribution in [0.15, 0.2) is 36.4 Å². The van der Waals surface area contributed by atoms with E-state index in [0.717, 1.165) is 5.56 Å². The van der Waals surface area contributed by atoms with Gasteiger partial charge < -0.3 is 33.2 Å². The van der Waals surface area contributed by atoms with Crippen LogP contribution >= 0.6 is 0 Å². The average molecular weight is 357 g/mol. The number of hydrogen-bond donors (Lipinski definition) is 3. The van der Waals surface area contributed by atoms with Crippen LogP contribution < -0.4 is 28.7 Å². The molecule has 0 atom stereocenters. The molecule has 0 saturated heterocycles. The van der Waals surface area contributed by atoms with Crippen molar-refractivity contribution in [3.63, 3.8) is 0 Å². The summed E-state index contributed by atoms with van der Waals surface area (Å²) < 4.78 is 34.1. The molecule has 0 aromatic heterocycles. The molecule has 0 bridgehead atoms. The molecule has 9 nitrogen and oxygen atoms in total. The fraction of sp³-hybridized carbons (Fsp3) is 0.385. The molecule has 0 aliphatic rings. The minimum Gasteiger partial charge on any atom is -0.855 e. The van der Waals surface area contributed by atoms with Gasteiger partial charge in [-0.15, -0.1) is 13.2 Å². The summed E-state index contributed by atoms with van der Waals surface area (Å²) in [4.78, 5) is 0. The molecule has 1 rings (SSSR count). The van der Waals surface area contributed by atoms with E-state index in [0.29, 0.717) is 0 Å². The Labute approximate surface area is 138 Å². The first-order valence-electron chi connectivity index (χ1n) is 5.89. The van der Waals surface area contributed by atoms with Crippen molar-refractivity contribution in [2.45, 2.75) is 13.8 Å². The van der Waals surface area contributed by atoms with Gasteiger partial charge in [-0.2, -0.15) is 0 Å². The average Bonchev–Trinajstić information content (AvgIpc) is 2.37. The second kappa shape index (κ2) is 22.9. The van der Waals surface area contributed by atoms with E-state index in [9.17, 15) is 13.0 Å². The van der Waals surface area contributed by atoms with E-state index in [1.54, 1.807) is 19.9 Å². The molecular formula is C13H31N3O6S. The predicted molar refractivity (Wildman–Crippen MR) is 90.2 cm³/mol. The number of quaternary nitrogens is 3. The van der Waals surface area contributed by atoms with Crippen molar-refractivity contribution < 1.29 is 27.4 Å². The third kappa shape index (κ3) is 33.5. The summed E-state index contributed by atoms with van der Waals surface area (Å²) in [5.41, 5.74) is 0.916. The van der Waals surface area contributed by atoms with Crippen LogP contribution in [0.3, 0.4) is 0 Å². The Morgan fingerprint density at radius 1 is 1.00 bits per heavy atom. The second-order valence-corrected chi connectivity index (χ2v) is 4.14. The molecule has 0 aliphatic carbocycles. The Hall–Kier alpha value is -1.37. The normalized spacial score (nSPS) is 8.91. The first kappa shape index (κ1) is 33.3. The largest absolute Gasteiger partial charge is 0.855 e. The van der Waals surface area contributed by atoms with Gasteiger partial charge in [0.05, 0.1) is 6.61 Å². The van der Waals surface area contributed by atoms with Crippen LogP contribution in [0, 0.1) is 0 Å². The third-order valence-electron chi connectivity index (χ3n) is 1.42. The van der Waals surface area contributed by atoms with Crippen molar-refractivity contribution >= 4 is 16.5 Å². The highest BCUT2D eigenvalue weighted by Gasteiger charge is 1.89. The number of hydrogen-bond acceptors (Lipinski definition) is 6. The van der Waals surface area contributed by atoms with E-state index in [2.05, 4.69) is 4.18 Å². The quantitative estimate of drug-likeness (QED) is 0.526. The van der Waals surface area contributed by atoms with Crippen molar-refractivity contribution in [1.29, 1.82) is 0 Å². The highest BCUT2D eigenvalue weighted by atomic mass is 32.3. The molecule has 0 saturated carbocycles. The summed E-state index contributed by atoms with van der Waals surface area (Å²) in [6.45, 7) is 2.90. The SMILES string of the molecule is CC[O-].CC[O-].O=S(=O)([O-])OCC=Cc1ccccc1.[NH4+].[NH4+].[NH4+]. The number of rotatable bonds is 4. The Kier molecular flexibility index (Phi) is 33.1. The lowest BCUT2D eigenvalue weighted by molar-refractivity contribution is -0.362. The molecule has 0 radical (unpaired) electrons. The molecule has 0 fully saturated rings. The molecule has 0 spiro atoms. The molecule has 140 valence electrons. The first-order chi connectivity index (χ1) is 9.41. The molecule has 12 N–H and O–H groups in total. The summed E-state index contributed by atoms with van der Waals surface area (Å²) in [5.74, 6) is 0. The molecule has 1 aromatic rings. The molecule has 0 heterocycles. The monoisotopic (exact) mass is 357 g/mol. The molecule has 1 aromatic carbocycles. The van der Waals surface area contributed by atoms with Crippen molar-refractivity contribution in [2.75, 3.05) is 19.8 Å². The van der Waals surface area contributed by atoms with Gasteiger partial charge in [-0.1, -0.05) is 56.3 Å². The standard InChI is InChI=1S/C9H10O4S.2C2H5O.3H3N/c10-14(11,12)13-8-4-7-9-5-2-1-3-6-9;2*1-2-3;;;/h1-7H,8H2,(H,10,11,12);2*2H2,1H3;3*1H3/q;2*-1;;;/p+2. The minimum atomic E-state index is -4.58. The fourth-order valence-electron chi connectivity index (χ4n) is 0.871. The lowest BCUT2D eigenvalue weighted by Crippen LogP contribution is -2.03. The summed E-state index contributed by atoms with van der Waals surface area (Å²) in [7, 11) is -4.58. The van der Waals surface area contributed by atoms with Gasteiger partial charge in [0.25, 0.3) is 0 Å². The van der Waals surface area contributed by atoms with Gasteiger partial charge in [-0.3, -0.25) is 4.18 Å². The smallest absolute Gasteiger partial charge is 0.217 e. The molecule has 23 heavy (non-hydrogen) atoms. The summed E-state index contributed by atoms with van der Waals surface area (Å²) >= 11 is 0. The van der Waals surface area contributed by atoms with Crippen LogP contribution in [0.2, 0.25) is 0 Å². The van der Waals surface area contributed by atoms with Crippen molar-refractivity contribution in [1.82, 2.24) is 18.5 Å². The van der Waals surface area contributed by atoms with Crippen LogP contribution in [0.5, 0.6) is 0 Å². The van der Waals surface area contributed by atoms with Gasteiger partial charge in [0.2, 0.25) is 10.4 Å². The Bertz CT molecular complexity index is 438. The lowest BCUT2D eigenvalue weighted by atomic mass is 10.2. The predicted octanol–water partition coefficient (Wildman–Crippen LogP) is 1.04. The van der Waals surface area contributed by atoms with E-state index in [4.69, 9.17) is 10.2 Å². The van der Waals surface area contributed by atoms with Gasteiger partial charge in [0.1, 0.15) is 0 Å². The van der Waals surface area contributed by atoms with E-state index >= 15 is 0 Å². The fourth-order valence-corrected chi connectivity index (χ4v) is 1.12. The molecule has 0 aliphatic heterocycles. The van der Waals surface area contributed by atoms with Crippen LogP contribution in [-0.4, -0.2) is 32.8 Å². The van der Waals surface area contributed by atoms with E-state index in [1.807, 2.05) is 30.3 Å². The Morgan fingerprint density at radius 3 is 1.74 bits per heavy atom. The number of benzene rings is 1. The third-order valence-corrected chi connectivity index (χ3v) is 1.84. The van der Waals surface area contributed by atoms with Crippen LogP contribution in [0.25, 0.3) is 6.08 Å². The van der Waals surface area contributed by atoms with Crippen LogP contribution in [0.4, 0.5) is 0 Å². The van der Waals surface area contributed by atoms with E-state index < -0.39 is 10.4 Å². The van der Waals surface area contributed by atoms with Crippen LogP contribution in [-0.2, 0) is 14.6 Å². The van der Waals surface area contributed by atoms with E-state index in [1.165, 1.54) is 6.08 Å². The first-order valence-corrected chi connectivity index (χ1v) is 7.22. The van der Waals surface area contributed by atoms with Crippen LogP contribution in [0.1, 0.15) is 19.4 Å². The maximum absolute atomic E-state index is 10.0. The summed E-state index contributed by atoms with van der Waals surface area (Å²) in [6, 6.07) is 9.27. The van der Waals surface area contributed by atoms with Crippen molar-refractivity contribution in [3.05, 3.63) is 42.0 Å². The summed E-state index contributed by atoms with van der Waals surface area (Å²) in [6.07, 6.45) is 3.13.